The molecular weight excluding hydrogens is 481 g/mol. The molecule has 0 saturated carbocycles. The minimum absolute atomic E-state index is 0. The first-order valence-corrected chi connectivity index (χ1v) is 12.9. The summed E-state index contributed by atoms with van der Waals surface area (Å²) >= 11 is 9.26. The molecule has 0 bridgehead atoms. The van der Waals surface area contributed by atoms with Gasteiger partial charge >= 0.3 is 0 Å². The molecule has 0 spiro atoms. The Kier molecular flexibility index (Phi) is 10.8. The van der Waals surface area contributed by atoms with Crippen molar-refractivity contribution in [1.82, 2.24) is 9.88 Å². The fraction of sp³-hybridized carbons (Fsp3) is 0.417. The molecule has 3 rings (SSSR count). The number of anilines is 1. The van der Waals surface area contributed by atoms with E-state index in [4.69, 9.17) is 16.6 Å². The van der Waals surface area contributed by atoms with E-state index in [1.807, 2.05) is 29.2 Å². The molecule has 0 saturated heterocycles. The van der Waals surface area contributed by atoms with Gasteiger partial charge in [-0.2, -0.15) is 0 Å². The number of aryl methyl sites for hydroxylation is 2. The molecule has 0 aliphatic rings. The van der Waals surface area contributed by atoms with Crippen LogP contribution in [0.4, 0.5) is 5.13 Å². The summed E-state index contributed by atoms with van der Waals surface area (Å²) in [4.78, 5) is 23.4. The van der Waals surface area contributed by atoms with Crippen molar-refractivity contribution in [3.63, 3.8) is 0 Å². The monoisotopic (exact) mass is 511 g/mol. The second-order valence-electron chi connectivity index (χ2n) is 7.55. The number of hydrogen-bond acceptors (Lipinski definition) is 5. The van der Waals surface area contributed by atoms with Crippen LogP contribution in [-0.4, -0.2) is 47.7 Å². The second-order valence-corrected chi connectivity index (χ2v) is 10.1. The molecule has 0 aliphatic carbocycles. The van der Waals surface area contributed by atoms with Crippen LogP contribution in [0.2, 0.25) is 5.02 Å². The molecule has 1 aromatic heterocycles. The van der Waals surface area contributed by atoms with Crippen molar-refractivity contribution in [2.24, 2.45) is 0 Å². The number of carbonyl (C=O) groups is 1. The Morgan fingerprint density at radius 2 is 1.78 bits per heavy atom. The fourth-order valence-corrected chi connectivity index (χ4v) is 5.54. The van der Waals surface area contributed by atoms with Gasteiger partial charge in [0.1, 0.15) is 0 Å². The average molecular weight is 513 g/mol. The molecule has 0 radical (unpaired) electrons. The van der Waals surface area contributed by atoms with E-state index in [1.165, 1.54) is 11.1 Å². The largest absolute Gasteiger partial charge is 0.302 e. The normalized spacial score (nSPS) is 11.1. The highest BCUT2D eigenvalue weighted by Gasteiger charge is 2.21. The smallest absolute Gasteiger partial charge is 0.229 e. The summed E-state index contributed by atoms with van der Waals surface area (Å²) in [5.41, 5.74) is 3.39. The van der Waals surface area contributed by atoms with Gasteiger partial charge in [0.15, 0.2) is 5.13 Å². The van der Waals surface area contributed by atoms with Crippen molar-refractivity contribution >= 4 is 68.4 Å². The maximum Gasteiger partial charge on any atom is 0.229 e. The Morgan fingerprint density at radius 1 is 1.09 bits per heavy atom. The first kappa shape index (κ1) is 26.9. The van der Waals surface area contributed by atoms with Crippen LogP contribution in [0.15, 0.2) is 41.3 Å². The second kappa shape index (κ2) is 12.8. The SMILES string of the molecule is CCN(CC)CCN(C(=O)CCSc1ccc(Cl)cc1)c1nc2cc(C)cc(C)c2s1.Cl. The minimum Gasteiger partial charge on any atom is -0.302 e. The number of benzene rings is 2. The van der Waals surface area contributed by atoms with Gasteiger partial charge in [-0.25, -0.2) is 4.98 Å². The number of halogens is 2. The van der Waals surface area contributed by atoms with Crippen molar-refractivity contribution < 1.29 is 4.79 Å². The van der Waals surface area contributed by atoms with Crippen molar-refractivity contribution in [2.75, 3.05) is 36.8 Å². The summed E-state index contributed by atoms with van der Waals surface area (Å²) < 4.78 is 1.16. The summed E-state index contributed by atoms with van der Waals surface area (Å²) in [7, 11) is 0. The third-order valence-electron chi connectivity index (χ3n) is 5.27. The third kappa shape index (κ3) is 7.09. The average Bonchev–Trinajstić information content (AvgIpc) is 3.16. The molecule has 0 N–H and O–H groups in total. The predicted molar refractivity (Wildman–Crippen MR) is 143 cm³/mol. The van der Waals surface area contributed by atoms with Crippen LogP contribution in [0.25, 0.3) is 10.2 Å². The standard InChI is InChI=1S/C24H30ClN3OS2.ClH/c1-5-27(6-2)12-13-28(22(29)11-14-30-20-9-7-19(25)8-10-20)24-26-21-16-17(3)15-18(4)23(21)31-24;/h7-10,15-16H,5-6,11-14H2,1-4H3;1H. The van der Waals surface area contributed by atoms with Gasteiger partial charge in [0.25, 0.3) is 0 Å². The number of thiazole rings is 1. The zero-order valence-corrected chi connectivity index (χ0v) is 22.3. The zero-order valence-electron chi connectivity index (χ0n) is 19.1. The van der Waals surface area contributed by atoms with Gasteiger partial charge in [-0.3, -0.25) is 9.69 Å². The lowest BCUT2D eigenvalue weighted by Crippen LogP contribution is -2.39. The van der Waals surface area contributed by atoms with E-state index in [0.717, 1.165) is 50.7 Å². The lowest BCUT2D eigenvalue weighted by molar-refractivity contribution is -0.118. The van der Waals surface area contributed by atoms with Crippen LogP contribution < -0.4 is 4.90 Å². The van der Waals surface area contributed by atoms with Crippen LogP contribution in [0.1, 0.15) is 31.4 Å². The molecule has 0 unspecified atom stereocenters. The molecular formula is C24H31Cl2N3OS2. The van der Waals surface area contributed by atoms with Gasteiger partial charge in [0.2, 0.25) is 5.91 Å². The molecule has 2 aromatic carbocycles. The lowest BCUT2D eigenvalue weighted by atomic mass is 10.1. The third-order valence-corrected chi connectivity index (χ3v) is 7.77. The first-order chi connectivity index (χ1) is 14.9. The molecule has 32 heavy (non-hydrogen) atoms. The fourth-order valence-electron chi connectivity index (χ4n) is 3.51. The topological polar surface area (TPSA) is 36.4 Å². The van der Waals surface area contributed by atoms with Gasteiger partial charge < -0.3 is 4.90 Å². The molecule has 1 amide bonds. The van der Waals surface area contributed by atoms with Crippen LogP contribution in [-0.2, 0) is 4.79 Å². The van der Waals surface area contributed by atoms with Crippen molar-refractivity contribution in [3.8, 4) is 0 Å². The number of nitrogens with zero attached hydrogens (tertiary/aromatic N) is 3. The maximum absolute atomic E-state index is 13.2. The Morgan fingerprint density at radius 3 is 2.44 bits per heavy atom. The maximum atomic E-state index is 13.2. The van der Waals surface area contributed by atoms with E-state index < -0.39 is 0 Å². The summed E-state index contributed by atoms with van der Waals surface area (Å²) in [6.45, 7) is 12.0. The van der Waals surface area contributed by atoms with Crippen molar-refractivity contribution in [1.29, 1.82) is 0 Å². The Labute approximate surface area is 210 Å². The number of fused-ring (bicyclic) bond motifs is 1. The number of amides is 1. The molecule has 0 atom stereocenters. The number of hydrogen-bond donors (Lipinski definition) is 0. The van der Waals surface area contributed by atoms with E-state index in [2.05, 4.69) is 44.7 Å². The molecule has 0 aliphatic heterocycles. The number of carbonyl (C=O) groups excluding carboxylic acids is 1. The van der Waals surface area contributed by atoms with Crippen LogP contribution >= 0.6 is 47.1 Å². The summed E-state index contributed by atoms with van der Waals surface area (Å²) in [5.74, 6) is 0.854. The summed E-state index contributed by atoms with van der Waals surface area (Å²) in [5, 5.41) is 1.53. The molecule has 0 fully saturated rings. The molecule has 4 nitrogen and oxygen atoms in total. The molecule has 8 heteroatoms. The minimum atomic E-state index is 0. The molecule has 174 valence electrons. The zero-order chi connectivity index (χ0) is 22.4. The van der Waals surface area contributed by atoms with Gasteiger partial charge in [0.05, 0.1) is 10.2 Å². The summed E-state index contributed by atoms with van der Waals surface area (Å²) in [6.07, 6.45) is 0.472. The van der Waals surface area contributed by atoms with Gasteiger partial charge in [-0.1, -0.05) is 42.9 Å². The van der Waals surface area contributed by atoms with E-state index in [0.29, 0.717) is 13.0 Å². The van der Waals surface area contributed by atoms with Gasteiger partial charge in [-0.15, -0.1) is 24.2 Å². The van der Waals surface area contributed by atoms with Crippen LogP contribution in [0, 0.1) is 13.8 Å². The van der Waals surface area contributed by atoms with E-state index >= 15 is 0 Å². The predicted octanol–water partition coefficient (Wildman–Crippen LogP) is 6.85. The van der Waals surface area contributed by atoms with E-state index in [9.17, 15) is 4.79 Å². The van der Waals surface area contributed by atoms with Crippen LogP contribution in [0.3, 0.4) is 0 Å². The number of likely N-dealkylation sites (N-methyl/N-ethyl adjacent to an activating group) is 1. The Hall–Kier alpha value is -1.31. The Bertz CT molecular complexity index is 1020. The van der Waals surface area contributed by atoms with Gasteiger partial charge in [-0.05, 0) is 68.4 Å². The first-order valence-electron chi connectivity index (χ1n) is 10.7. The van der Waals surface area contributed by atoms with Crippen molar-refractivity contribution in [2.45, 2.75) is 39.0 Å². The molecule has 1 heterocycles. The number of rotatable bonds is 10. The van der Waals surface area contributed by atoms with Crippen molar-refractivity contribution in [3.05, 3.63) is 52.5 Å². The lowest BCUT2D eigenvalue weighted by Gasteiger charge is -2.24. The van der Waals surface area contributed by atoms with E-state index in [1.54, 1.807) is 23.1 Å². The highest BCUT2D eigenvalue weighted by atomic mass is 35.5. The van der Waals surface area contributed by atoms with Crippen LogP contribution in [0.5, 0.6) is 0 Å². The highest BCUT2D eigenvalue weighted by molar-refractivity contribution is 7.99. The highest BCUT2D eigenvalue weighted by Crippen LogP contribution is 2.32. The quantitative estimate of drug-likeness (QED) is 0.279. The molecule has 3 aromatic rings. The number of thioether (sulfide) groups is 1. The number of aromatic nitrogens is 1. The Balaban J connectivity index is 0.00000363. The van der Waals surface area contributed by atoms with Gasteiger partial charge in [0, 0.05) is 35.2 Å². The summed E-state index contributed by atoms with van der Waals surface area (Å²) in [6, 6.07) is 12.0. The van der Waals surface area contributed by atoms with E-state index in [-0.39, 0.29) is 18.3 Å².